The van der Waals surface area contributed by atoms with Crippen LogP contribution in [0.4, 0.5) is 0 Å². The average molecular weight is 268 g/mol. The second-order valence-corrected chi connectivity index (χ2v) is 4.05. The summed E-state index contributed by atoms with van der Waals surface area (Å²) in [6.45, 7) is 3.49. The Balaban J connectivity index is 0.00000162. The van der Waals surface area contributed by atoms with E-state index in [1.807, 2.05) is 18.2 Å². The number of pyridine rings is 1. The number of ether oxygens (including phenoxy) is 1. The van der Waals surface area contributed by atoms with E-state index < -0.39 is 0 Å². The molecule has 4 heteroatoms. The maximum Gasteiger partial charge on any atom is 0.141 e. The van der Waals surface area contributed by atoms with Gasteiger partial charge in [0.05, 0.1) is 6.61 Å². The number of hydrogen-bond donors (Lipinski definition) is 1. The van der Waals surface area contributed by atoms with Crippen molar-refractivity contribution in [1.29, 1.82) is 0 Å². The standard InChI is InChI=1S/C14H17NO2.ClH/c1-2-3-9-17-10-11-6-7-13(16)14-12(11)5-4-8-15-14;/h4-8,16H,2-3,9-10H2,1H3;1H. The normalized spacial score (nSPS) is 10.3. The zero-order chi connectivity index (χ0) is 12.1. The minimum Gasteiger partial charge on any atom is -0.506 e. The molecule has 1 aromatic carbocycles. The number of benzene rings is 1. The van der Waals surface area contributed by atoms with Gasteiger partial charge in [-0.3, -0.25) is 4.98 Å². The Morgan fingerprint density at radius 1 is 1.28 bits per heavy atom. The number of aromatic nitrogens is 1. The molecular formula is C14H18ClNO2. The van der Waals surface area contributed by atoms with Crippen molar-refractivity contribution in [3.8, 4) is 5.75 Å². The van der Waals surface area contributed by atoms with Gasteiger partial charge >= 0.3 is 0 Å². The Hall–Kier alpha value is -1.32. The van der Waals surface area contributed by atoms with Crippen molar-refractivity contribution >= 4 is 23.3 Å². The maximum absolute atomic E-state index is 9.70. The van der Waals surface area contributed by atoms with Gasteiger partial charge in [0.15, 0.2) is 0 Å². The molecule has 0 atom stereocenters. The van der Waals surface area contributed by atoms with Crippen LogP contribution in [0.1, 0.15) is 25.3 Å². The molecule has 0 saturated heterocycles. The van der Waals surface area contributed by atoms with E-state index in [0.717, 1.165) is 30.4 Å². The first kappa shape index (κ1) is 14.7. The van der Waals surface area contributed by atoms with E-state index in [9.17, 15) is 5.11 Å². The van der Waals surface area contributed by atoms with Crippen molar-refractivity contribution in [2.75, 3.05) is 6.61 Å². The third-order valence-electron chi connectivity index (χ3n) is 2.74. The van der Waals surface area contributed by atoms with Gasteiger partial charge in [-0.2, -0.15) is 0 Å². The molecule has 2 rings (SSSR count). The molecule has 0 fully saturated rings. The van der Waals surface area contributed by atoms with Gasteiger partial charge in [0.25, 0.3) is 0 Å². The van der Waals surface area contributed by atoms with Gasteiger partial charge < -0.3 is 9.84 Å². The van der Waals surface area contributed by atoms with E-state index >= 15 is 0 Å². The molecule has 3 nitrogen and oxygen atoms in total. The van der Waals surface area contributed by atoms with Crippen molar-refractivity contribution in [1.82, 2.24) is 4.98 Å². The number of halogens is 1. The molecule has 1 aromatic heterocycles. The Bertz CT molecular complexity index is 502. The number of fused-ring (bicyclic) bond motifs is 1. The molecule has 0 radical (unpaired) electrons. The summed E-state index contributed by atoms with van der Waals surface area (Å²) in [4.78, 5) is 4.18. The average Bonchev–Trinajstić information content (AvgIpc) is 2.37. The van der Waals surface area contributed by atoms with Crippen LogP contribution < -0.4 is 0 Å². The Kier molecular flexibility index (Phi) is 5.89. The molecule has 0 amide bonds. The van der Waals surface area contributed by atoms with Crippen LogP contribution >= 0.6 is 12.4 Å². The number of phenols is 1. The first-order valence-electron chi connectivity index (χ1n) is 5.96. The maximum atomic E-state index is 9.70. The summed E-state index contributed by atoms with van der Waals surface area (Å²) < 4.78 is 5.60. The topological polar surface area (TPSA) is 42.4 Å². The molecule has 1 N–H and O–H groups in total. The van der Waals surface area contributed by atoms with E-state index in [1.165, 1.54) is 0 Å². The Morgan fingerprint density at radius 2 is 2.11 bits per heavy atom. The molecule has 0 aliphatic carbocycles. The summed E-state index contributed by atoms with van der Waals surface area (Å²) in [5.41, 5.74) is 1.71. The molecule has 98 valence electrons. The van der Waals surface area contributed by atoms with E-state index in [-0.39, 0.29) is 18.2 Å². The van der Waals surface area contributed by atoms with Crippen LogP contribution in [0, 0.1) is 0 Å². The molecule has 0 unspecified atom stereocenters. The highest BCUT2D eigenvalue weighted by molar-refractivity contribution is 5.87. The van der Waals surface area contributed by atoms with Crippen molar-refractivity contribution in [2.45, 2.75) is 26.4 Å². The molecular weight excluding hydrogens is 250 g/mol. The second kappa shape index (κ2) is 7.19. The van der Waals surface area contributed by atoms with Gasteiger partial charge in [0, 0.05) is 18.2 Å². The lowest BCUT2D eigenvalue weighted by atomic mass is 10.1. The molecule has 2 aromatic rings. The SMILES string of the molecule is CCCCOCc1ccc(O)c2ncccc12.Cl. The van der Waals surface area contributed by atoms with Crippen molar-refractivity contribution in [2.24, 2.45) is 0 Å². The predicted molar refractivity (Wildman–Crippen MR) is 75.2 cm³/mol. The van der Waals surface area contributed by atoms with E-state index in [0.29, 0.717) is 12.1 Å². The van der Waals surface area contributed by atoms with Crippen molar-refractivity contribution in [3.63, 3.8) is 0 Å². The van der Waals surface area contributed by atoms with Gasteiger partial charge in [0.2, 0.25) is 0 Å². The van der Waals surface area contributed by atoms with Crippen LogP contribution in [-0.4, -0.2) is 16.7 Å². The predicted octanol–water partition coefficient (Wildman–Crippen LogP) is 3.68. The van der Waals surface area contributed by atoms with Crippen LogP contribution in [-0.2, 0) is 11.3 Å². The molecule has 0 aliphatic rings. The van der Waals surface area contributed by atoms with Crippen molar-refractivity contribution < 1.29 is 9.84 Å². The van der Waals surface area contributed by atoms with Crippen LogP contribution in [0.25, 0.3) is 10.9 Å². The monoisotopic (exact) mass is 267 g/mol. The van der Waals surface area contributed by atoms with Crippen LogP contribution in [0.5, 0.6) is 5.75 Å². The molecule has 1 heterocycles. The smallest absolute Gasteiger partial charge is 0.141 e. The molecule has 0 bridgehead atoms. The zero-order valence-electron chi connectivity index (χ0n) is 10.4. The van der Waals surface area contributed by atoms with Crippen LogP contribution in [0.2, 0.25) is 0 Å². The largest absolute Gasteiger partial charge is 0.506 e. The number of rotatable bonds is 5. The highest BCUT2D eigenvalue weighted by atomic mass is 35.5. The van der Waals surface area contributed by atoms with Gasteiger partial charge in [-0.1, -0.05) is 25.5 Å². The molecule has 0 saturated carbocycles. The minimum atomic E-state index is 0. The van der Waals surface area contributed by atoms with Crippen LogP contribution in [0.15, 0.2) is 30.5 Å². The minimum absolute atomic E-state index is 0. The quantitative estimate of drug-likeness (QED) is 0.841. The van der Waals surface area contributed by atoms with Crippen molar-refractivity contribution in [3.05, 3.63) is 36.0 Å². The lowest BCUT2D eigenvalue weighted by Crippen LogP contribution is -1.96. The van der Waals surface area contributed by atoms with E-state index in [4.69, 9.17) is 4.74 Å². The summed E-state index contributed by atoms with van der Waals surface area (Å²) >= 11 is 0. The fourth-order valence-electron chi connectivity index (χ4n) is 1.77. The number of phenolic OH excluding ortho intramolecular Hbond substituents is 1. The number of hydrogen-bond acceptors (Lipinski definition) is 3. The number of nitrogens with zero attached hydrogens (tertiary/aromatic N) is 1. The summed E-state index contributed by atoms with van der Waals surface area (Å²) in [6, 6.07) is 7.40. The molecule has 0 aliphatic heterocycles. The van der Waals surface area contributed by atoms with Gasteiger partial charge in [-0.15, -0.1) is 12.4 Å². The first-order valence-corrected chi connectivity index (χ1v) is 5.96. The fourth-order valence-corrected chi connectivity index (χ4v) is 1.77. The summed E-state index contributed by atoms with van der Waals surface area (Å²) in [6.07, 6.45) is 3.90. The summed E-state index contributed by atoms with van der Waals surface area (Å²) in [5.74, 6) is 0.220. The zero-order valence-corrected chi connectivity index (χ0v) is 11.2. The third-order valence-corrected chi connectivity index (χ3v) is 2.74. The highest BCUT2D eigenvalue weighted by Crippen LogP contribution is 2.25. The lowest BCUT2D eigenvalue weighted by Gasteiger charge is -2.08. The van der Waals surface area contributed by atoms with Gasteiger partial charge in [0.1, 0.15) is 11.3 Å². The second-order valence-electron chi connectivity index (χ2n) is 4.05. The number of unbranched alkanes of at least 4 members (excludes halogenated alkanes) is 1. The summed E-state index contributed by atoms with van der Waals surface area (Å²) in [7, 11) is 0. The first-order chi connectivity index (χ1) is 8.33. The fraction of sp³-hybridized carbons (Fsp3) is 0.357. The Labute approximate surface area is 113 Å². The summed E-state index contributed by atoms with van der Waals surface area (Å²) in [5, 5.41) is 10.7. The highest BCUT2D eigenvalue weighted by Gasteiger charge is 2.05. The Morgan fingerprint density at radius 3 is 2.89 bits per heavy atom. The van der Waals surface area contributed by atoms with E-state index in [1.54, 1.807) is 12.3 Å². The van der Waals surface area contributed by atoms with Crippen LogP contribution in [0.3, 0.4) is 0 Å². The van der Waals surface area contributed by atoms with Gasteiger partial charge in [-0.05, 0) is 24.1 Å². The number of aromatic hydroxyl groups is 1. The molecule has 0 spiro atoms. The molecule has 18 heavy (non-hydrogen) atoms. The lowest BCUT2D eigenvalue weighted by molar-refractivity contribution is 0.119. The third kappa shape index (κ3) is 3.34. The van der Waals surface area contributed by atoms with E-state index in [2.05, 4.69) is 11.9 Å². The van der Waals surface area contributed by atoms with Gasteiger partial charge in [-0.25, -0.2) is 0 Å².